The number of hydrogen-bond donors (Lipinski definition) is 1. The van der Waals surface area contributed by atoms with Crippen LogP contribution in [0.15, 0.2) is 41.2 Å². The zero-order valence-electron chi connectivity index (χ0n) is 18.2. The van der Waals surface area contributed by atoms with Gasteiger partial charge in [0.05, 0.1) is 16.4 Å². The molecule has 6 rings (SSSR count). The van der Waals surface area contributed by atoms with E-state index in [2.05, 4.69) is 10.2 Å². The molecular formula is C23H22N6O5. The van der Waals surface area contributed by atoms with E-state index in [1.54, 1.807) is 15.9 Å². The van der Waals surface area contributed by atoms with E-state index in [9.17, 15) is 24.5 Å². The predicted molar refractivity (Wildman–Crippen MR) is 121 cm³/mol. The number of rotatable bonds is 3. The second kappa shape index (κ2) is 7.51. The van der Waals surface area contributed by atoms with E-state index in [4.69, 9.17) is 0 Å². The van der Waals surface area contributed by atoms with Crippen molar-refractivity contribution in [1.29, 1.82) is 0 Å². The molecule has 34 heavy (non-hydrogen) atoms. The third kappa shape index (κ3) is 3.11. The zero-order valence-corrected chi connectivity index (χ0v) is 18.2. The van der Waals surface area contributed by atoms with E-state index in [1.165, 1.54) is 10.6 Å². The molecule has 3 atom stereocenters. The average molecular weight is 462 g/mol. The molecule has 2 saturated heterocycles. The van der Waals surface area contributed by atoms with Crippen LogP contribution in [0.4, 0.5) is 11.5 Å². The summed E-state index contributed by atoms with van der Waals surface area (Å²) in [7, 11) is 0. The maximum absolute atomic E-state index is 13.4. The van der Waals surface area contributed by atoms with Crippen molar-refractivity contribution in [2.75, 3.05) is 24.5 Å². The number of benzene rings is 1. The fourth-order valence-electron chi connectivity index (χ4n) is 5.74. The molecule has 1 N–H and O–H groups in total. The lowest BCUT2D eigenvalue weighted by molar-refractivity contribution is -0.386. The van der Waals surface area contributed by atoms with Gasteiger partial charge in [-0.05, 0) is 30.5 Å². The lowest BCUT2D eigenvalue weighted by Crippen LogP contribution is -2.51. The molecule has 1 aromatic carbocycles. The third-order valence-corrected chi connectivity index (χ3v) is 7.27. The van der Waals surface area contributed by atoms with E-state index in [0.29, 0.717) is 25.5 Å². The molecule has 2 aromatic heterocycles. The van der Waals surface area contributed by atoms with Gasteiger partial charge >= 0.3 is 11.2 Å². The number of piperidine rings is 1. The summed E-state index contributed by atoms with van der Waals surface area (Å²) in [5, 5.41) is 19.2. The SMILES string of the molecule is O=C([C@H]1CC(=O)N(c2n[nH]c3ccccc23)C1)N1C[C@@H]2C[C@H](C1)c1ccc([N+](=O)[O-])c(=O)n1C2. The number of carbonyl (C=O) groups is 2. The molecule has 5 heterocycles. The summed E-state index contributed by atoms with van der Waals surface area (Å²) >= 11 is 0. The predicted octanol–water partition coefficient (Wildman–Crippen LogP) is 1.63. The molecule has 0 spiro atoms. The highest BCUT2D eigenvalue weighted by Gasteiger charge is 2.43. The zero-order chi connectivity index (χ0) is 23.6. The summed E-state index contributed by atoms with van der Waals surface area (Å²) < 4.78 is 1.50. The highest BCUT2D eigenvalue weighted by Crippen LogP contribution is 2.37. The largest absolute Gasteiger partial charge is 0.341 e. The van der Waals surface area contributed by atoms with Crippen molar-refractivity contribution in [3.8, 4) is 0 Å². The average Bonchev–Trinajstić information content (AvgIpc) is 3.42. The van der Waals surface area contributed by atoms with E-state index < -0.39 is 22.1 Å². The first-order valence-electron chi connectivity index (χ1n) is 11.3. The van der Waals surface area contributed by atoms with Gasteiger partial charge in [0.2, 0.25) is 11.8 Å². The van der Waals surface area contributed by atoms with E-state index in [-0.39, 0.29) is 36.6 Å². The van der Waals surface area contributed by atoms with Crippen LogP contribution in [0.25, 0.3) is 10.9 Å². The number of anilines is 1. The Hall–Kier alpha value is -4.02. The Morgan fingerprint density at radius 2 is 1.91 bits per heavy atom. The number of nitrogens with one attached hydrogen (secondary N) is 1. The van der Waals surface area contributed by atoms with Crippen LogP contribution in [0, 0.1) is 22.0 Å². The Bertz CT molecular complexity index is 1410. The third-order valence-electron chi connectivity index (χ3n) is 7.27. The van der Waals surface area contributed by atoms with Crippen molar-refractivity contribution >= 4 is 34.2 Å². The van der Waals surface area contributed by atoms with Crippen LogP contribution in [-0.4, -0.2) is 56.0 Å². The monoisotopic (exact) mass is 462 g/mol. The van der Waals surface area contributed by atoms with E-state index >= 15 is 0 Å². The number of carbonyl (C=O) groups excluding carboxylic acids is 2. The van der Waals surface area contributed by atoms with Crippen LogP contribution in [0.3, 0.4) is 0 Å². The molecule has 2 amide bonds. The molecule has 3 aromatic rings. The van der Waals surface area contributed by atoms with Gasteiger partial charge in [0.25, 0.3) is 0 Å². The van der Waals surface area contributed by atoms with Gasteiger partial charge in [-0.3, -0.25) is 34.5 Å². The summed E-state index contributed by atoms with van der Waals surface area (Å²) in [4.78, 5) is 52.7. The quantitative estimate of drug-likeness (QED) is 0.464. The molecule has 174 valence electrons. The highest BCUT2D eigenvalue weighted by atomic mass is 16.6. The smallest absolute Gasteiger partial charge is 0.334 e. The molecule has 3 aliphatic heterocycles. The first kappa shape index (κ1) is 20.6. The van der Waals surface area contributed by atoms with Crippen LogP contribution in [0.1, 0.15) is 24.5 Å². The van der Waals surface area contributed by atoms with Crippen molar-refractivity contribution in [3.63, 3.8) is 0 Å². The van der Waals surface area contributed by atoms with Crippen molar-refractivity contribution in [2.45, 2.75) is 25.3 Å². The fourth-order valence-corrected chi connectivity index (χ4v) is 5.74. The summed E-state index contributed by atoms with van der Waals surface area (Å²) in [6, 6.07) is 10.5. The number of likely N-dealkylation sites (tertiary alicyclic amines) is 1. The molecule has 0 aliphatic carbocycles. The summed E-state index contributed by atoms with van der Waals surface area (Å²) in [6.45, 7) is 1.54. The fraction of sp³-hybridized carbons (Fsp3) is 0.391. The Morgan fingerprint density at radius 3 is 2.74 bits per heavy atom. The standard InChI is InChI=1S/C23H22N6O5/c30-20-8-15(12-28(20)21-16-3-1-2-4-17(16)24-25-21)22(31)26-9-13-7-14(11-26)18-5-6-19(29(33)34)23(32)27(18)10-13/h1-6,13-15H,7-12H2,(H,24,25)/t13-,14+,15-/m0/s1. The van der Waals surface area contributed by atoms with Crippen LogP contribution in [-0.2, 0) is 16.1 Å². The normalized spacial score (nSPS) is 23.9. The Morgan fingerprint density at radius 1 is 1.09 bits per heavy atom. The summed E-state index contributed by atoms with van der Waals surface area (Å²) in [6.07, 6.45) is 0.962. The molecule has 0 saturated carbocycles. The first-order valence-corrected chi connectivity index (χ1v) is 11.3. The number of amides is 2. The van der Waals surface area contributed by atoms with Gasteiger partial charge in [-0.2, -0.15) is 5.10 Å². The lowest BCUT2D eigenvalue weighted by Gasteiger charge is -2.43. The second-order valence-corrected chi connectivity index (χ2v) is 9.36. The molecule has 11 nitrogen and oxygen atoms in total. The van der Waals surface area contributed by atoms with Crippen molar-refractivity contribution in [3.05, 3.63) is 62.6 Å². The lowest BCUT2D eigenvalue weighted by atomic mass is 9.82. The molecule has 11 heteroatoms. The Balaban J connectivity index is 1.22. The van der Waals surface area contributed by atoms with Crippen LogP contribution >= 0.6 is 0 Å². The summed E-state index contributed by atoms with van der Waals surface area (Å²) in [5.41, 5.74) is 0.557. The van der Waals surface area contributed by atoms with Crippen molar-refractivity contribution in [2.24, 2.45) is 11.8 Å². The number of nitrogens with zero attached hydrogens (tertiary/aromatic N) is 5. The van der Waals surface area contributed by atoms with Crippen LogP contribution < -0.4 is 10.5 Å². The topological polar surface area (TPSA) is 134 Å². The van der Waals surface area contributed by atoms with Gasteiger partial charge in [-0.1, -0.05) is 12.1 Å². The minimum Gasteiger partial charge on any atom is -0.341 e. The molecule has 0 unspecified atom stereocenters. The molecule has 0 radical (unpaired) electrons. The number of aromatic amines is 1. The van der Waals surface area contributed by atoms with Gasteiger partial charge in [0.15, 0.2) is 5.82 Å². The Labute approximate surface area is 193 Å². The second-order valence-electron chi connectivity index (χ2n) is 9.36. The van der Waals surface area contributed by atoms with Gasteiger partial charge in [0.1, 0.15) is 0 Å². The van der Waals surface area contributed by atoms with Gasteiger partial charge in [-0.15, -0.1) is 0 Å². The van der Waals surface area contributed by atoms with Gasteiger partial charge in [-0.25, -0.2) is 0 Å². The number of hydrogen-bond acceptors (Lipinski definition) is 6. The maximum atomic E-state index is 13.4. The van der Waals surface area contributed by atoms with Crippen molar-refractivity contribution < 1.29 is 14.5 Å². The van der Waals surface area contributed by atoms with Gasteiger partial charge < -0.3 is 9.47 Å². The number of pyridine rings is 1. The number of nitro groups is 1. The van der Waals surface area contributed by atoms with Gasteiger partial charge in [0, 0.05) is 55.7 Å². The van der Waals surface area contributed by atoms with Crippen molar-refractivity contribution in [1.82, 2.24) is 19.7 Å². The Kier molecular flexibility index (Phi) is 4.54. The number of para-hydroxylation sites is 1. The number of aromatic nitrogens is 3. The minimum atomic E-state index is -0.652. The number of fused-ring (bicyclic) bond motifs is 5. The van der Waals surface area contributed by atoms with Crippen LogP contribution in [0.5, 0.6) is 0 Å². The summed E-state index contributed by atoms with van der Waals surface area (Å²) in [5.74, 6) is -0.130. The van der Waals surface area contributed by atoms with Crippen LogP contribution in [0.2, 0.25) is 0 Å². The molecular weight excluding hydrogens is 440 g/mol. The minimum absolute atomic E-state index is 0.0402. The molecule has 2 fully saturated rings. The first-order chi connectivity index (χ1) is 16.4. The maximum Gasteiger partial charge on any atom is 0.334 e. The van der Waals surface area contributed by atoms with E-state index in [0.717, 1.165) is 23.0 Å². The van der Waals surface area contributed by atoms with E-state index in [1.807, 2.05) is 24.3 Å². The molecule has 3 aliphatic rings. The molecule has 2 bridgehead atoms. The highest BCUT2D eigenvalue weighted by molar-refractivity contribution is 6.05. The number of H-pyrrole nitrogens is 1.